The summed E-state index contributed by atoms with van der Waals surface area (Å²) < 4.78 is 5.51. The first-order chi connectivity index (χ1) is 11.2. The summed E-state index contributed by atoms with van der Waals surface area (Å²) in [7, 11) is 0. The fourth-order valence-corrected chi connectivity index (χ4v) is 3.94. The van der Waals surface area contributed by atoms with E-state index in [1.54, 1.807) is 24.3 Å². The van der Waals surface area contributed by atoms with E-state index in [0.717, 1.165) is 37.0 Å². The normalized spacial score (nSPS) is 12.5. The minimum Gasteiger partial charge on any atom is -0.494 e. The van der Waals surface area contributed by atoms with E-state index in [9.17, 15) is 10.1 Å². The van der Waals surface area contributed by atoms with E-state index in [4.69, 9.17) is 4.74 Å². The van der Waals surface area contributed by atoms with Gasteiger partial charge >= 0.3 is 0 Å². The van der Waals surface area contributed by atoms with Crippen LogP contribution in [-0.2, 0) is 12.8 Å². The highest BCUT2D eigenvalue weighted by Gasteiger charge is 2.23. The molecular weight excluding hydrogens is 308 g/mol. The third-order valence-electron chi connectivity index (χ3n) is 3.85. The summed E-state index contributed by atoms with van der Waals surface area (Å²) in [5, 5.41) is 12.9. The molecule has 0 atom stereocenters. The van der Waals surface area contributed by atoms with Crippen molar-refractivity contribution in [2.24, 2.45) is 0 Å². The molecule has 2 aromatic rings. The molecule has 0 saturated carbocycles. The minimum absolute atomic E-state index is 0.191. The number of thiophene rings is 1. The number of carbonyl (C=O) groups is 1. The average Bonchev–Trinajstić information content (AvgIpc) is 3.13. The Labute approximate surface area is 139 Å². The predicted octanol–water partition coefficient (Wildman–Crippen LogP) is 4.15. The number of hydrogen-bond donors (Lipinski definition) is 1. The monoisotopic (exact) mass is 326 g/mol. The van der Waals surface area contributed by atoms with Crippen LogP contribution in [0, 0.1) is 11.3 Å². The number of hydrogen-bond acceptors (Lipinski definition) is 4. The SMILES string of the molecule is CCCOc1ccc(C(=O)Nc2sc3c(c2C#N)CCC3)cc1. The van der Waals surface area contributed by atoms with Gasteiger partial charge in [-0.3, -0.25) is 4.79 Å². The Morgan fingerprint density at radius 3 is 2.83 bits per heavy atom. The van der Waals surface area contributed by atoms with Gasteiger partial charge in [0.05, 0.1) is 12.2 Å². The van der Waals surface area contributed by atoms with Crippen molar-refractivity contribution in [3.05, 3.63) is 45.8 Å². The van der Waals surface area contributed by atoms with Crippen LogP contribution in [0.1, 0.15) is 46.1 Å². The molecule has 1 aromatic carbocycles. The first-order valence-corrected chi connectivity index (χ1v) is 8.63. The fourth-order valence-electron chi connectivity index (χ4n) is 2.71. The summed E-state index contributed by atoms with van der Waals surface area (Å²) in [4.78, 5) is 13.6. The van der Waals surface area contributed by atoms with Gasteiger partial charge in [0.1, 0.15) is 16.8 Å². The number of amides is 1. The highest BCUT2D eigenvalue weighted by atomic mass is 32.1. The number of anilines is 1. The van der Waals surface area contributed by atoms with Gasteiger partial charge in [0.15, 0.2) is 0 Å². The number of rotatable bonds is 5. The molecule has 0 unspecified atom stereocenters. The maximum absolute atomic E-state index is 12.4. The van der Waals surface area contributed by atoms with E-state index >= 15 is 0 Å². The van der Waals surface area contributed by atoms with E-state index in [1.165, 1.54) is 16.2 Å². The molecule has 0 saturated heterocycles. The molecule has 118 valence electrons. The topological polar surface area (TPSA) is 62.1 Å². The van der Waals surface area contributed by atoms with Gasteiger partial charge in [-0.15, -0.1) is 11.3 Å². The molecule has 1 aromatic heterocycles. The van der Waals surface area contributed by atoms with E-state index in [0.29, 0.717) is 22.7 Å². The molecule has 1 amide bonds. The molecule has 0 fully saturated rings. The number of nitrogens with one attached hydrogen (secondary N) is 1. The number of carbonyl (C=O) groups excluding carboxylic acids is 1. The Kier molecular flexibility index (Phi) is 4.63. The second-order valence-corrected chi connectivity index (χ2v) is 6.61. The van der Waals surface area contributed by atoms with Crippen LogP contribution in [0.2, 0.25) is 0 Å². The number of fused-ring (bicyclic) bond motifs is 1. The van der Waals surface area contributed by atoms with Crippen molar-refractivity contribution >= 4 is 22.2 Å². The maximum atomic E-state index is 12.4. The Bertz CT molecular complexity index is 757. The van der Waals surface area contributed by atoms with Crippen LogP contribution < -0.4 is 10.1 Å². The number of aryl methyl sites for hydroxylation is 1. The number of nitrogens with zero attached hydrogens (tertiary/aromatic N) is 1. The first-order valence-electron chi connectivity index (χ1n) is 7.81. The van der Waals surface area contributed by atoms with Crippen LogP contribution >= 0.6 is 11.3 Å². The summed E-state index contributed by atoms with van der Waals surface area (Å²) in [6, 6.07) is 9.32. The van der Waals surface area contributed by atoms with Crippen LogP contribution in [0.25, 0.3) is 0 Å². The molecule has 4 nitrogen and oxygen atoms in total. The largest absolute Gasteiger partial charge is 0.494 e. The van der Waals surface area contributed by atoms with Gasteiger partial charge < -0.3 is 10.1 Å². The maximum Gasteiger partial charge on any atom is 0.256 e. The van der Waals surface area contributed by atoms with Crippen LogP contribution in [0.4, 0.5) is 5.00 Å². The molecule has 1 N–H and O–H groups in total. The standard InChI is InChI=1S/C18H18N2O2S/c1-2-10-22-13-8-6-12(7-9-13)17(21)20-18-15(11-19)14-4-3-5-16(14)23-18/h6-9H,2-5,10H2,1H3,(H,20,21). The van der Waals surface area contributed by atoms with Gasteiger partial charge in [-0.1, -0.05) is 6.92 Å². The van der Waals surface area contributed by atoms with Crippen molar-refractivity contribution in [3.63, 3.8) is 0 Å². The van der Waals surface area contributed by atoms with Crippen molar-refractivity contribution in [2.75, 3.05) is 11.9 Å². The Balaban J connectivity index is 1.73. The van der Waals surface area contributed by atoms with Crippen molar-refractivity contribution in [1.82, 2.24) is 0 Å². The van der Waals surface area contributed by atoms with E-state index in [2.05, 4.69) is 11.4 Å². The lowest BCUT2D eigenvalue weighted by Crippen LogP contribution is -2.11. The number of nitriles is 1. The van der Waals surface area contributed by atoms with Gasteiger partial charge in [0, 0.05) is 10.4 Å². The smallest absolute Gasteiger partial charge is 0.256 e. The summed E-state index contributed by atoms with van der Waals surface area (Å²) in [5.74, 6) is 0.569. The molecule has 1 heterocycles. The van der Waals surface area contributed by atoms with Gasteiger partial charge in [-0.2, -0.15) is 5.26 Å². The summed E-state index contributed by atoms with van der Waals surface area (Å²) >= 11 is 1.53. The molecule has 1 aliphatic carbocycles. The zero-order valence-corrected chi connectivity index (χ0v) is 13.8. The Morgan fingerprint density at radius 1 is 1.35 bits per heavy atom. The molecule has 0 spiro atoms. The molecule has 0 bridgehead atoms. The van der Waals surface area contributed by atoms with Crippen LogP contribution in [-0.4, -0.2) is 12.5 Å². The van der Waals surface area contributed by atoms with E-state index < -0.39 is 0 Å². The third kappa shape index (κ3) is 3.22. The molecule has 23 heavy (non-hydrogen) atoms. The molecular formula is C18H18N2O2S. The van der Waals surface area contributed by atoms with Crippen molar-refractivity contribution in [2.45, 2.75) is 32.6 Å². The number of benzene rings is 1. The van der Waals surface area contributed by atoms with Crippen LogP contribution in [0.3, 0.4) is 0 Å². The summed E-state index contributed by atoms with van der Waals surface area (Å²) in [6.07, 6.45) is 3.99. The Morgan fingerprint density at radius 2 is 2.13 bits per heavy atom. The van der Waals surface area contributed by atoms with E-state index in [-0.39, 0.29) is 5.91 Å². The first kappa shape index (κ1) is 15.6. The molecule has 5 heteroatoms. The highest BCUT2D eigenvalue weighted by Crippen LogP contribution is 2.38. The van der Waals surface area contributed by atoms with E-state index in [1.807, 2.05) is 6.92 Å². The zero-order chi connectivity index (χ0) is 16.2. The van der Waals surface area contributed by atoms with Crippen molar-refractivity contribution in [1.29, 1.82) is 5.26 Å². The van der Waals surface area contributed by atoms with Crippen molar-refractivity contribution in [3.8, 4) is 11.8 Å². The quantitative estimate of drug-likeness (QED) is 0.898. The fraction of sp³-hybridized carbons (Fsp3) is 0.333. The van der Waals surface area contributed by atoms with Crippen molar-refractivity contribution < 1.29 is 9.53 Å². The van der Waals surface area contributed by atoms with Gasteiger partial charge in [0.2, 0.25) is 0 Å². The van der Waals surface area contributed by atoms with Gasteiger partial charge in [-0.25, -0.2) is 0 Å². The van der Waals surface area contributed by atoms with Crippen LogP contribution in [0.5, 0.6) is 5.75 Å². The lowest BCUT2D eigenvalue weighted by molar-refractivity contribution is 0.102. The second-order valence-electron chi connectivity index (χ2n) is 5.50. The van der Waals surface area contributed by atoms with Gasteiger partial charge in [0.25, 0.3) is 5.91 Å². The zero-order valence-electron chi connectivity index (χ0n) is 13.0. The molecule has 1 aliphatic rings. The lowest BCUT2D eigenvalue weighted by atomic mass is 10.1. The average molecular weight is 326 g/mol. The summed E-state index contributed by atoms with van der Waals surface area (Å²) in [6.45, 7) is 2.71. The molecule has 0 radical (unpaired) electrons. The summed E-state index contributed by atoms with van der Waals surface area (Å²) in [5.41, 5.74) is 2.32. The Hall–Kier alpha value is -2.32. The third-order valence-corrected chi connectivity index (χ3v) is 5.06. The highest BCUT2D eigenvalue weighted by molar-refractivity contribution is 7.16. The molecule has 3 rings (SSSR count). The van der Waals surface area contributed by atoms with Gasteiger partial charge in [-0.05, 0) is 55.5 Å². The molecule has 0 aliphatic heterocycles. The predicted molar refractivity (Wildman–Crippen MR) is 91.2 cm³/mol. The minimum atomic E-state index is -0.191. The second kappa shape index (κ2) is 6.84. The lowest BCUT2D eigenvalue weighted by Gasteiger charge is -2.07. The number of ether oxygens (including phenoxy) is 1. The van der Waals surface area contributed by atoms with Crippen LogP contribution in [0.15, 0.2) is 24.3 Å².